The molecule has 1 N–H and O–H groups in total. The molecule has 0 aliphatic heterocycles. The number of pyridine rings is 1. The summed E-state index contributed by atoms with van der Waals surface area (Å²) in [4.78, 5) is 4.05. The molecule has 0 aliphatic rings. The zero-order valence-electron chi connectivity index (χ0n) is 8.77. The molecule has 0 fully saturated rings. The molecule has 0 bridgehead atoms. The lowest BCUT2D eigenvalue weighted by molar-refractivity contribution is 0.476. The molecule has 1 aromatic heterocycles. The summed E-state index contributed by atoms with van der Waals surface area (Å²) in [6, 6.07) is 9.46. The first-order valence-corrected chi connectivity index (χ1v) is 4.85. The Hall–Kier alpha value is -2.10. The van der Waals surface area contributed by atoms with Gasteiger partial charge in [0.25, 0.3) is 0 Å². The molecule has 0 atom stereocenters. The van der Waals surface area contributed by atoms with Crippen LogP contribution in [-0.4, -0.2) is 12.0 Å². The van der Waals surface area contributed by atoms with E-state index in [1.807, 2.05) is 0 Å². The molecule has 0 radical (unpaired) electrons. The largest absolute Gasteiger partial charge is 0.457 e. The van der Waals surface area contributed by atoms with Crippen molar-refractivity contribution in [1.29, 1.82) is 0 Å². The molecular formula is C12H11FN2O. The second-order valence-corrected chi connectivity index (χ2v) is 3.19. The van der Waals surface area contributed by atoms with Crippen LogP contribution in [0.5, 0.6) is 11.5 Å². The van der Waals surface area contributed by atoms with Gasteiger partial charge in [0.2, 0.25) is 0 Å². The Labute approximate surface area is 92.9 Å². The normalized spacial score (nSPS) is 9.88. The van der Waals surface area contributed by atoms with Crippen LogP contribution in [0, 0.1) is 5.82 Å². The predicted molar refractivity (Wildman–Crippen MR) is 60.3 cm³/mol. The molecule has 0 spiro atoms. The van der Waals surface area contributed by atoms with Gasteiger partial charge in [0.15, 0.2) is 0 Å². The van der Waals surface area contributed by atoms with Crippen molar-refractivity contribution in [2.75, 3.05) is 12.4 Å². The van der Waals surface area contributed by atoms with Crippen LogP contribution in [0.15, 0.2) is 42.6 Å². The van der Waals surface area contributed by atoms with E-state index < -0.39 is 0 Å². The van der Waals surface area contributed by atoms with Gasteiger partial charge in [0.05, 0.1) is 0 Å². The van der Waals surface area contributed by atoms with Gasteiger partial charge >= 0.3 is 0 Å². The van der Waals surface area contributed by atoms with E-state index in [2.05, 4.69) is 10.3 Å². The van der Waals surface area contributed by atoms with Crippen molar-refractivity contribution in [3.05, 3.63) is 48.4 Å². The standard InChI is InChI=1S/C12H11FN2O/c1-14-12-8-11(5-6-15-12)16-10-4-2-3-9(13)7-10/h2-8H,1H3,(H,14,15). The molecule has 0 unspecified atom stereocenters. The fraction of sp³-hybridized carbons (Fsp3) is 0.0833. The van der Waals surface area contributed by atoms with Crippen LogP contribution >= 0.6 is 0 Å². The summed E-state index contributed by atoms with van der Waals surface area (Å²) in [5.41, 5.74) is 0. The first-order chi connectivity index (χ1) is 7.78. The smallest absolute Gasteiger partial charge is 0.132 e. The lowest BCUT2D eigenvalue weighted by Crippen LogP contribution is -1.92. The van der Waals surface area contributed by atoms with E-state index in [4.69, 9.17) is 4.74 Å². The average molecular weight is 218 g/mol. The average Bonchev–Trinajstić information content (AvgIpc) is 2.29. The highest BCUT2D eigenvalue weighted by Gasteiger charge is 2.00. The molecule has 82 valence electrons. The lowest BCUT2D eigenvalue weighted by atomic mass is 10.3. The number of ether oxygens (including phenoxy) is 1. The number of anilines is 1. The van der Waals surface area contributed by atoms with E-state index in [0.717, 1.165) is 0 Å². The SMILES string of the molecule is CNc1cc(Oc2cccc(F)c2)ccn1. The van der Waals surface area contributed by atoms with E-state index in [9.17, 15) is 4.39 Å². The minimum atomic E-state index is -0.319. The number of benzene rings is 1. The van der Waals surface area contributed by atoms with Crippen LogP contribution in [0.1, 0.15) is 0 Å². The Balaban J connectivity index is 2.20. The molecule has 3 nitrogen and oxygen atoms in total. The number of nitrogens with zero attached hydrogens (tertiary/aromatic N) is 1. The van der Waals surface area contributed by atoms with Gasteiger partial charge in [-0.15, -0.1) is 0 Å². The van der Waals surface area contributed by atoms with Crippen LogP contribution in [0.3, 0.4) is 0 Å². The topological polar surface area (TPSA) is 34.1 Å². The van der Waals surface area contributed by atoms with E-state index in [1.54, 1.807) is 37.5 Å². The van der Waals surface area contributed by atoms with Gasteiger partial charge in [-0.2, -0.15) is 0 Å². The van der Waals surface area contributed by atoms with Gasteiger partial charge in [-0.05, 0) is 18.2 Å². The Bertz CT molecular complexity index is 488. The Morgan fingerprint density at radius 1 is 1.19 bits per heavy atom. The first kappa shape index (κ1) is 10.4. The number of aromatic nitrogens is 1. The number of nitrogens with one attached hydrogen (secondary N) is 1. The van der Waals surface area contributed by atoms with Crippen molar-refractivity contribution in [2.24, 2.45) is 0 Å². The molecule has 0 saturated heterocycles. The predicted octanol–water partition coefficient (Wildman–Crippen LogP) is 3.05. The third kappa shape index (κ3) is 2.48. The summed E-state index contributed by atoms with van der Waals surface area (Å²) in [7, 11) is 1.77. The fourth-order valence-corrected chi connectivity index (χ4v) is 1.28. The van der Waals surface area contributed by atoms with Gasteiger partial charge in [0, 0.05) is 25.4 Å². The molecular weight excluding hydrogens is 207 g/mol. The maximum atomic E-state index is 12.9. The Morgan fingerprint density at radius 3 is 2.75 bits per heavy atom. The Kier molecular flexibility index (Phi) is 3.00. The van der Waals surface area contributed by atoms with Crippen molar-refractivity contribution in [1.82, 2.24) is 4.98 Å². The van der Waals surface area contributed by atoms with Crippen molar-refractivity contribution >= 4 is 5.82 Å². The van der Waals surface area contributed by atoms with Gasteiger partial charge < -0.3 is 10.1 Å². The highest BCUT2D eigenvalue weighted by atomic mass is 19.1. The van der Waals surface area contributed by atoms with Gasteiger partial charge in [-0.1, -0.05) is 6.07 Å². The minimum Gasteiger partial charge on any atom is -0.457 e. The summed E-state index contributed by atoms with van der Waals surface area (Å²) in [5, 5.41) is 2.90. The number of halogens is 1. The zero-order chi connectivity index (χ0) is 11.4. The summed E-state index contributed by atoms with van der Waals surface area (Å²) < 4.78 is 18.4. The minimum absolute atomic E-state index is 0.319. The molecule has 0 amide bonds. The lowest BCUT2D eigenvalue weighted by Gasteiger charge is -2.06. The zero-order valence-corrected chi connectivity index (χ0v) is 8.77. The number of hydrogen-bond acceptors (Lipinski definition) is 3. The molecule has 1 heterocycles. The monoisotopic (exact) mass is 218 g/mol. The fourth-order valence-electron chi connectivity index (χ4n) is 1.28. The first-order valence-electron chi connectivity index (χ1n) is 4.85. The second-order valence-electron chi connectivity index (χ2n) is 3.19. The van der Waals surface area contributed by atoms with Crippen molar-refractivity contribution in [3.8, 4) is 11.5 Å². The third-order valence-electron chi connectivity index (χ3n) is 2.02. The van der Waals surface area contributed by atoms with Gasteiger partial charge in [-0.25, -0.2) is 9.37 Å². The summed E-state index contributed by atoms with van der Waals surface area (Å²) in [6.07, 6.45) is 1.63. The van der Waals surface area contributed by atoms with Crippen molar-refractivity contribution in [3.63, 3.8) is 0 Å². The van der Waals surface area contributed by atoms with Crippen LogP contribution in [0.25, 0.3) is 0 Å². The van der Waals surface area contributed by atoms with Crippen LogP contribution < -0.4 is 10.1 Å². The highest BCUT2D eigenvalue weighted by molar-refractivity contribution is 5.41. The second kappa shape index (κ2) is 4.61. The van der Waals surface area contributed by atoms with Gasteiger partial charge in [-0.3, -0.25) is 0 Å². The quantitative estimate of drug-likeness (QED) is 0.859. The maximum absolute atomic E-state index is 12.9. The molecule has 0 saturated carbocycles. The molecule has 16 heavy (non-hydrogen) atoms. The maximum Gasteiger partial charge on any atom is 0.132 e. The van der Waals surface area contributed by atoms with Crippen LogP contribution in [0.4, 0.5) is 10.2 Å². The molecule has 0 aliphatic carbocycles. The van der Waals surface area contributed by atoms with Crippen molar-refractivity contribution < 1.29 is 9.13 Å². The van der Waals surface area contributed by atoms with E-state index in [-0.39, 0.29) is 5.82 Å². The number of rotatable bonds is 3. The van der Waals surface area contributed by atoms with Crippen LogP contribution in [0.2, 0.25) is 0 Å². The highest BCUT2D eigenvalue weighted by Crippen LogP contribution is 2.22. The molecule has 2 aromatic rings. The van der Waals surface area contributed by atoms with Crippen molar-refractivity contribution in [2.45, 2.75) is 0 Å². The summed E-state index contributed by atoms with van der Waals surface area (Å²) in [5.74, 6) is 1.47. The van der Waals surface area contributed by atoms with Gasteiger partial charge in [0.1, 0.15) is 23.1 Å². The molecule has 2 rings (SSSR count). The van der Waals surface area contributed by atoms with E-state index in [1.165, 1.54) is 12.1 Å². The molecule has 4 heteroatoms. The van der Waals surface area contributed by atoms with E-state index in [0.29, 0.717) is 17.3 Å². The summed E-state index contributed by atoms with van der Waals surface area (Å²) in [6.45, 7) is 0. The summed E-state index contributed by atoms with van der Waals surface area (Å²) >= 11 is 0. The Morgan fingerprint density at radius 2 is 2.00 bits per heavy atom. The number of hydrogen-bond donors (Lipinski definition) is 1. The van der Waals surface area contributed by atoms with E-state index >= 15 is 0 Å². The molecule has 1 aromatic carbocycles. The van der Waals surface area contributed by atoms with Crippen LogP contribution in [-0.2, 0) is 0 Å². The third-order valence-corrected chi connectivity index (χ3v) is 2.02.